The second-order valence-electron chi connectivity index (χ2n) is 2.54. The summed E-state index contributed by atoms with van der Waals surface area (Å²) in [6.07, 6.45) is 0. The molecule has 0 atom stereocenters. The Hall–Kier alpha value is -0.870. The molecule has 0 aliphatic rings. The molecule has 62 valence electrons. The number of carbonyl (C=O) groups is 1. The Bertz CT molecular complexity index is 439. The van der Waals surface area contributed by atoms with Gasteiger partial charge in [0.1, 0.15) is 4.88 Å². The van der Waals surface area contributed by atoms with Gasteiger partial charge in [0.25, 0.3) is 0 Å². The normalized spacial score (nSPS) is 10.8. The summed E-state index contributed by atoms with van der Waals surface area (Å²) < 4.78 is 1.10. The fraction of sp³-hybridized carbons (Fsp3) is 0.125. The number of hydrogen-bond donors (Lipinski definition) is 1. The predicted octanol–water partition coefficient (Wildman–Crippen LogP) is 2.97. The molecule has 2 aromatic heterocycles. The maximum absolute atomic E-state index is 10.6. The maximum atomic E-state index is 10.6. The van der Waals surface area contributed by atoms with Gasteiger partial charge in [-0.25, -0.2) is 4.79 Å². The summed E-state index contributed by atoms with van der Waals surface area (Å²) in [6.45, 7) is 2.00. The van der Waals surface area contributed by atoms with Crippen molar-refractivity contribution in [1.29, 1.82) is 0 Å². The molecule has 1 N–H and O–H groups in total. The van der Waals surface area contributed by atoms with E-state index in [2.05, 4.69) is 0 Å². The molecule has 2 heterocycles. The van der Waals surface area contributed by atoms with Crippen LogP contribution >= 0.6 is 22.7 Å². The van der Waals surface area contributed by atoms with Gasteiger partial charge in [-0.3, -0.25) is 0 Å². The van der Waals surface area contributed by atoms with E-state index in [-0.39, 0.29) is 0 Å². The van der Waals surface area contributed by atoms with Crippen molar-refractivity contribution in [3.05, 3.63) is 21.9 Å². The van der Waals surface area contributed by atoms with Crippen molar-refractivity contribution in [2.24, 2.45) is 0 Å². The molecule has 12 heavy (non-hydrogen) atoms. The highest BCUT2D eigenvalue weighted by atomic mass is 32.2. The average Bonchev–Trinajstić information content (AvgIpc) is 2.53. The van der Waals surface area contributed by atoms with Crippen LogP contribution in [0.25, 0.3) is 9.40 Å². The first kappa shape index (κ1) is 7.76. The largest absolute Gasteiger partial charge is 0.477 e. The number of rotatable bonds is 1. The molecular weight excluding hydrogens is 192 g/mol. The SMILES string of the molecule is Cc1csc2sc(C(=O)O)cc12. The van der Waals surface area contributed by atoms with E-state index in [1.54, 1.807) is 17.4 Å². The Morgan fingerprint density at radius 3 is 2.92 bits per heavy atom. The van der Waals surface area contributed by atoms with Gasteiger partial charge in [-0.2, -0.15) is 0 Å². The number of aryl methyl sites for hydroxylation is 1. The zero-order valence-electron chi connectivity index (χ0n) is 6.33. The zero-order valence-corrected chi connectivity index (χ0v) is 7.96. The molecule has 0 aliphatic heterocycles. The summed E-state index contributed by atoms with van der Waals surface area (Å²) in [6, 6.07) is 1.74. The molecule has 0 aromatic carbocycles. The summed E-state index contributed by atoms with van der Waals surface area (Å²) in [4.78, 5) is 11.0. The van der Waals surface area contributed by atoms with Crippen LogP contribution in [-0.4, -0.2) is 11.1 Å². The number of fused-ring (bicyclic) bond motifs is 1. The monoisotopic (exact) mass is 198 g/mol. The van der Waals surface area contributed by atoms with Crippen LogP contribution in [-0.2, 0) is 0 Å². The Morgan fingerprint density at radius 1 is 1.58 bits per heavy atom. The minimum atomic E-state index is -0.831. The van der Waals surface area contributed by atoms with Gasteiger partial charge in [-0.05, 0) is 23.9 Å². The highest BCUT2D eigenvalue weighted by Gasteiger charge is 2.10. The van der Waals surface area contributed by atoms with Crippen LogP contribution in [0.5, 0.6) is 0 Å². The minimum Gasteiger partial charge on any atom is -0.477 e. The van der Waals surface area contributed by atoms with Crippen LogP contribution in [0, 0.1) is 6.92 Å². The van der Waals surface area contributed by atoms with E-state index in [4.69, 9.17) is 5.11 Å². The van der Waals surface area contributed by atoms with Crippen LogP contribution in [0.15, 0.2) is 11.4 Å². The van der Waals surface area contributed by atoms with Gasteiger partial charge in [0.2, 0.25) is 0 Å². The van der Waals surface area contributed by atoms with Crippen LogP contribution in [0.3, 0.4) is 0 Å². The smallest absolute Gasteiger partial charge is 0.345 e. The Morgan fingerprint density at radius 2 is 2.33 bits per heavy atom. The minimum absolute atomic E-state index is 0.431. The molecule has 0 radical (unpaired) electrons. The first-order valence-corrected chi connectivity index (χ1v) is 5.09. The molecule has 0 fully saturated rings. The summed E-state index contributed by atoms with van der Waals surface area (Å²) in [5.41, 5.74) is 1.17. The van der Waals surface area contributed by atoms with Gasteiger partial charge in [-0.1, -0.05) is 0 Å². The summed E-state index contributed by atoms with van der Waals surface area (Å²) >= 11 is 2.95. The standard InChI is InChI=1S/C8H6O2S2/c1-4-3-11-8-5(4)2-6(12-8)7(9)10/h2-3H,1H3,(H,9,10). The maximum Gasteiger partial charge on any atom is 0.345 e. The third-order valence-electron chi connectivity index (χ3n) is 1.68. The van der Waals surface area contributed by atoms with Crippen LogP contribution < -0.4 is 0 Å². The summed E-state index contributed by atoms with van der Waals surface area (Å²) in [5.74, 6) is -0.831. The summed E-state index contributed by atoms with van der Waals surface area (Å²) in [7, 11) is 0. The molecule has 2 rings (SSSR count). The fourth-order valence-corrected chi connectivity index (χ4v) is 3.20. The Kier molecular flexibility index (Phi) is 1.66. The first-order valence-electron chi connectivity index (χ1n) is 3.39. The Labute approximate surface area is 77.1 Å². The molecule has 0 bridgehead atoms. The fourth-order valence-electron chi connectivity index (χ4n) is 1.05. The van der Waals surface area contributed by atoms with E-state index >= 15 is 0 Å². The molecule has 0 spiro atoms. The van der Waals surface area contributed by atoms with Crippen molar-refractivity contribution >= 4 is 38.0 Å². The van der Waals surface area contributed by atoms with Crippen molar-refractivity contribution in [2.75, 3.05) is 0 Å². The van der Waals surface area contributed by atoms with Crippen molar-refractivity contribution in [3.8, 4) is 0 Å². The number of hydrogen-bond acceptors (Lipinski definition) is 3. The topological polar surface area (TPSA) is 37.3 Å². The third-order valence-corrected chi connectivity index (χ3v) is 4.04. The van der Waals surface area contributed by atoms with E-state index < -0.39 is 5.97 Å². The predicted molar refractivity (Wildman–Crippen MR) is 51.4 cm³/mol. The van der Waals surface area contributed by atoms with Crippen molar-refractivity contribution in [3.63, 3.8) is 0 Å². The van der Waals surface area contributed by atoms with Crippen LogP contribution in [0.4, 0.5) is 0 Å². The van der Waals surface area contributed by atoms with Crippen molar-refractivity contribution in [2.45, 2.75) is 6.92 Å². The van der Waals surface area contributed by atoms with E-state index in [1.807, 2.05) is 12.3 Å². The third kappa shape index (κ3) is 1.04. The second kappa shape index (κ2) is 2.57. The molecular formula is C8H6O2S2. The quantitative estimate of drug-likeness (QED) is 0.764. The molecule has 2 nitrogen and oxygen atoms in total. The van der Waals surface area contributed by atoms with E-state index in [0.29, 0.717) is 4.88 Å². The van der Waals surface area contributed by atoms with Gasteiger partial charge in [-0.15, -0.1) is 22.7 Å². The van der Waals surface area contributed by atoms with Crippen LogP contribution in [0.1, 0.15) is 15.2 Å². The van der Waals surface area contributed by atoms with E-state index in [9.17, 15) is 4.79 Å². The van der Waals surface area contributed by atoms with Crippen molar-refractivity contribution in [1.82, 2.24) is 0 Å². The lowest BCUT2D eigenvalue weighted by atomic mass is 10.2. The van der Waals surface area contributed by atoms with Gasteiger partial charge < -0.3 is 5.11 Å². The van der Waals surface area contributed by atoms with Crippen LogP contribution in [0.2, 0.25) is 0 Å². The second-order valence-corrected chi connectivity index (χ2v) is 4.73. The highest BCUT2D eigenvalue weighted by molar-refractivity contribution is 7.38. The molecule has 0 aliphatic carbocycles. The summed E-state index contributed by atoms with van der Waals surface area (Å²) in [5, 5.41) is 11.8. The number of thiophene rings is 2. The van der Waals surface area contributed by atoms with E-state index in [1.165, 1.54) is 16.9 Å². The van der Waals surface area contributed by atoms with Gasteiger partial charge in [0.15, 0.2) is 0 Å². The molecule has 2 aromatic rings. The average molecular weight is 198 g/mol. The Balaban J connectivity index is 2.70. The number of carboxylic acids is 1. The molecule has 0 amide bonds. The number of carboxylic acid groups (broad SMARTS) is 1. The van der Waals surface area contributed by atoms with Gasteiger partial charge in [0.05, 0.1) is 4.01 Å². The lowest BCUT2D eigenvalue weighted by Crippen LogP contribution is -1.89. The zero-order chi connectivity index (χ0) is 8.72. The van der Waals surface area contributed by atoms with E-state index in [0.717, 1.165) is 9.40 Å². The van der Waals surface area contributed by atoms with Crippen molar-refractivity contribution < 1.29 is 9.90 Å². The lowest BCUT2D eigenvalue weighted by Gasteiger charge is -1.81. The molecule has 0 saturated carbocycles. The first-order chi connectivity index (χ1) is 5.68. The highest BCUT2D eigenvalue weighted by Crippen LogP contribution is 2.33. The molecule has 0 saturated heterocycles. The molecule has 4 heteroatoms. The number of aromatic carboxylic acids is 1. The lowest BCUT2D eigenvalue weighted by molar-refractivity contribution is 0.0702. The van der Waals surface area contributed by atoms with Gasteiger partial charge in [0, 0.05) is 5.39 Å². The van der Waals surface area contributed by atoms with Gasteiger partial charge >= 0.3 is 5.97 Å². The molecule has 0 unspecified atom stereocenters.